The molecule has 2 aromatic carbocycles. The largest absolute Gasteiger partial charge is 0.377 e. The van der Waals surface area contributed by atoms with Gasteiger partial charge in [-0.1, -0.05) is 37.3 Å². The van der Waals surface area contributed by atoms with Crippen LogP contribution in [0.15, 0.2) is 48.5 Å². The van der Waals surface area contributed by atoms with Crippen LogP contribution in [0.4, 0.5) is 11.4 Å². The van der Waals surface area contributed by atoms with Crippen LogP contribution in [0, 0.1) is 23.2 Å². The number of anilines is 2. The Hall–Kier alpha value is -2.80. The molecule has 4 heteroatoms. The highest BCUT2D eigenvalue weighted by Crippen LogP contribution is 2.50. The fourth-order valence-corrected chi connectivity index (χ4v) is 4.39. The number of amides is 1. The maximum absolute atomic E-state index is 12.5. The number of para-hydroxylation sites is 2. The Labute approximate surface area is 154 Å². The van der Waals surface area contributed by atoms with E-state index in [1.54, 1.807) is 6.92 Å². The van der Waals surface area contributed by atoms with E-state index in [-0.39, 0.29) is 23.9 Å². The summed E-state index contributed by atoms with van der Waals surface area (Å²) in [6.07, 6.45) is 2.37. The van der Waals surface area contributed by atoms with Gasteiger partial charge >= 0.3 is 0 Å². The van der Waals surface area contributed by atoms with E-state index >= 15 is 0 Å². The molecule has 2 aromatic rings. The van der Waals surface area contributed by atoms with E-state index in [0.717, 1.165) is 16.9 Å². The third-order valence-corrected chi connectivity index (χ3v) is 5.70. The second kappa shape index (κ2) is 6.49. The number of nitrogens with zero attached hydrogens (tertiary/aromatic N) is 2. The standard InChI is InChI=1S/C22H23N3O/c1-14-21(24-19-9-5-3-7-17(19)13-23)18-8-4-6-10-20(18)25(15(2)26)22(14)16-11-12-16/h3-10,14,16,21-22,24H,11-12H2,1-2H3/t14-,21-,22+/m1/s1. The van der Waals surface area contributed by atoms with Gasteiger partial charge < -0.3 is 10.2 Å². The van der Waals surface area contributed by atoms with Gasteiger partial charge in [-0.15, -0.1) is 0 Å². The lowest BCUT2D eigenvalue weighted by Crippen LogP contribution is -2.51. The van der Waals surface area contributed by atoms with Crippen LogP contribution >= 0.6 is 0 Å². The van der Waals surface area contributed by atoms with Crippen LogP contribution in [0.25, 0.3) is 0 Å². The van der Waals surface area contributed by atoms with Crippen molar-refractivity contribution in [2.24, 2.45) is 11.8 Å². The number of carbonyl (C=O) groups is 1. The molecule has 4 nitrogen and oxygen atoms in total. The molecule has 0 bridgehead atoms. The van der Waals surface area contributed by atoms with Crippen LogP contribution in [0.3, 0.4) is 0 Å². The Morgan fingerprint density at radius 3 is 2.54 bits per heavy atom. The van der Waals surface area contributed by atoms with Crippen molar-refractivity contribution in [3.63, 3.8) is 0 Å². The second-order valence-electron chi connectivity index (χ2n) is 7.41. The van der Waals surface area contributed by atoms with Crippen molar-refractivity contribution in [3.8, 4) is 6.07 Å². The summed E-state index contributed by atoms with van der Waals surface area (Å²) in [6, 6.07) is 18.3. The smallest absolute Gasteiger partial charge is 0.224 e. The number of hydrogen-bond donors (Lipinski definition) is 1. The number of nitrogens with one attached hydrogen (secondary N) is 1. The molecule has 1 aliphatic carbocycles. The van der Waals surface area contributed by atoms with Crippen molar-refractivity contribution < 1.29 is 4.79 Å². The fraction of sp³-hybridized carbons (Fsp3) is 0.364. The number of benzene rings is 2. The van der Waals surface area contributed by atoms with Gasteiger partial charge in [0.1, 0.15) is 6.07 Å². The van der Waals surface area contributed by atoms with Crippen molar-refractivity contribution in [2.45, 2.75) is 38.8 Å². The van der Waals surface area contributed by atoms with Gasteiger partial charge in [-0.2, -0.15) is 5.26 Å². The summed E-state index contributed by atoms with van der Waals surface area (Å²) in [4.78, 5) is 14.5. The summed E-state index contributed by atoms with van der Waals surface area (Å²) in [5, 5.41) is 13.0. The summed E-state index contributed by atoms with van der Waals surface area (Å²) in [5.41, 5.74) is 3.63. The minimum absolute atomic E-state index is 0.0712. The van der Waals surface area contributed by atoms with Crippen LogP contribution in [0.1, 0.15) is 43.9 Å². The quantitative estimate of drug-likeness (QED) is 0.891. The molecule has 0 spiro atoms. The van der Waals surface area contributed by atoms with Gasteiger partial charge in [0.2, 0.25) is 5.91 Å². The van der Waals surface area contributed by atoms with Crippen molar-refractivity contribution >= 4 is 17.3 Å². The molecule has 0 saturated heterocycles. The molecular weight excluding hydrogens is 322 g/mol. The highest BCUT2D eigenvalue weighted by atomic mass is 16.2. The summed E-state index contributed by atoms with van der Waals surface area (Å²) >= 11 is 0. The van der Waals surface area contributed by atoms with Gasteiger partial charge in [-0.05, 0) is 42.5 Å². The molecule has 4 rings (SSSR count). The average Bonchev–Trinajstić information content (AvgIpc) is 3.48. The number of fused-ring (bicyclic) bond motifs is 1. The summed E-state index contributed by atoms with van der Waals surface area (Å²) in [6.45, 7) is 3.89. The molecule has 1 heterocycles. The first-order valence-electron chi connectivity index (χ1n) is 9.26. The second-order valence-corrected chi connectivity index (χ2v) is 7.41. The van der Waals surface area contributed by atoms with Crippen LogP contribution in [-0.2, 0) is 4.79 Å². The number of carbonyl (C=O) groups excluding carboxylic acids is 1. The zero-order valence-corrected chi connectivity index (χ0v) is 15.1. The van der Waals surface area contributed by atoms with Crippen molar-refractivity contribution in [3.05, 3.63) is 59.7 Å². The lowest BCUT2D eigenvalue weighted by atomic mass is 9.80. The zero-order valence-electron chi connectivity index (χ0n) is 15.1. The lowest BCUT2D eigenvalue weighted by molar-refractivity contribution is -0.117. The minimum Gasteiger partial charge on any atom is -0.377 e. The summed E-state index contributed by atoms with van der Waals surface area (Å²) < 4.78 is 0. The number of nitriles is 1. The third-order valence-electron chi connectivity index (χ3n) is 5.70. The van der Waals surface area contributed by atoms with Gasteiger partial charge in [-0.3, -0.25) is 4.79 Å². The first-order valence-corrected chi connectivity index (χ1v) is 9.26. The minimum atomic E-state index is 0.0712. The molecule has 1 aliphatic heterocycles. The SMILES string of the molecule is CC(=O)N1c2ccccc2[C@H](Nc2ccccc2C#N)[C@@H](C)[C@H]1C1CC1. The maximum Gasteiger partial charge on any atom is 0.224 e. The molecule has 0 aromatic heterocycles. The first kappa shape index (κ1) is 16.7. The van der Waals surface area contributed by atoms with Gasteiger partial charge in [0.05, 0.1) is 17.3 Å². The predicted molar refractivity (Wildman–Crippen MR) is 103 cm³/mol. The summed E-state index contributed by atoms with van der Waals surface area (Å²) in [7, 11) is 0. The van der Waals surface area contributed by atoms with E-state index in [1.807, 2.05) is 47.4 Å². The van der Waals surface area contributed by atoms with E-state index in [9.17, 15) is 10.1 Å². The van der Waals surface area contributed by atoms with Crippen LogP contribution in [-0.4, -0.2) is 11.9 Å². The van der Waals surface area contributed by atoms with Gasteiger partial charge in [0.15, 0.2) is 0 Å². The molecule has 1 fully saturated rings. The van der Waals surface area contributed by atoms with E-state index in [0.29, 0.717) is 11.5 Å². The van der Waals surface area contributed by atoms with Crippen LogP contribution < -0.4 is 10.2 Å². The van der Waals surface area contributed by atoms with Crippen molar-refractivity contribution in [2.75, 3.05) is 10.2 Å². The molecule has 1 amide bonds. The molecule has 0 unspecified atom stereocenters. The zero-order chi connectivity index (χ0) is 18.3. The topological polar surface area (TPSA) is 56.1 Å². The number of hydrogen-bond acceptors (Lipinski definition) is 3. The van der Waals surface area contributed by atoms with E-state index in [2.05, 4.69) is 24.4 Å². The van der Waals surface area contributed by atoms with Crippen molar-refractivity contribution in [1.82, 2.24) is 0 Å². The van der Waals surface area contributed by atoms with Gasteiger partial charge in [-0.25, -0.2) is 0 Å². The monoisotopic (exact) mass is 345 g/mol. The summed E-state index contributed by atoms with van der Waals surface area (Å²) in [5.74, 6) is 0.933. The lowest BCUT2D eigenvalue weighted by Gasteiger charge is -2.46. The van der Waals surface area contributed by atoms with E-state index < -0.39 is 0 Å². The van der Waals surface area contributed by atoms with Crippen LogP contribution in [0.5, 0.6) is 0 Å². The van der Waals surface area contributed by atoms with Crippen molar-refractivity contribution in [1.29, 1.82) is 5.26 Å². The van der Waals surface area contributed by atoms with Crippen LogP contribution in [0.2, 0.25) is 0 Å². The Bertz CT molecular complexity index is 881. The van der Waals surface area contributed by atoms with E-state index in [4.69, 9.17) is 0 Å². The highest BCUT2D eigenvalue weighted by Gasteiger charge is 2.47. The third kappa shape index (κ3) is 2.74. The average molecular weight is 345 g/mol. The van der Waals surface area contributed by atoms with Gasteiger partial charge in [0, 0.05) is 24.6 Å². The molecule has 1 saturated carbocycles. The molecule has 26 heavy (non-hydrogen) atoms. The molecule has 132 valence electrons. The Morgan fingerprint density at radius 2 is 1.85 bits per heavy atom. The molecule has 3 atom stereocenters. The van der Waals surface area contributed by atoms with E-state index in [1.165, 1.54) is 12.8 Å². The predicted octanol–water partition coefficient (Wildman–Crippen LogP) is 4.49. The Balaban J connectivity index is 1.80. The Kier molecular flexibility index (Phi) is 4.16. The molecule has 1 N–H and O–H groups in total. The normalized spacial score (nSPS) is 24.5. The first-order chi connectivity index (χ1) is 12.6. The molecule has 2 aliphatic rings. The fourth-order valence-electron chi connectivity index (χ4n) is 4.39. The molecule has 0 radical (unpaired) electrons. The van der Waals surface area contributed by atoms with Gasteiger partial charge in [0.25, 0.3) is 0 Å². The Morgan fingerprint density at radius 1 is 1.15 bits per heavy atom. The molecular formula is C22H23N3O. The maximum atomic E-state index is 12.5. The number of rotatable bonds is 3. The highest BCUT2D eigenvalue weighted by molar-refractivity contribution is 5.94.